The third-order valence-corrected chi connectivity index (χ3v) is 6.93. The Balaban J connectivity index is 0.000000517. The van der Waals surface area contributed by atoms with Gasteiger partial charge >= 0.3 is 18.2 Å². The molecule has 1 aromatic carbocycles. The van der Waals surface area contributed by atoms with Gasteiger partial charge in [-0.2, -0.15) is 13.2 Å². The quantitative estimate of drug-likeness (QED) is 0.441. The van der Waals surface area contributed by atoms with Gasteiger partial charge in [-0.1, -0.05) is 36.4 Å². The maximum atomic E-state index is 13.6. The number of pyridine rings is 2. The molecule has 222 valence electrons. The van der Waals surface area contributed by atoms with Gasteiger partial charge in [-0.25, -0.2) is 24.5 Å². The fourth-order valence-corrected chi connectivity index (χ4v) is 4.90. The van der Waals surface area contributed by atoms with Crippen LogP contribution in [0.5, 0.6) is 5.88 Å². The zero-order chi connectivity index (χ0) is 30.3. The van der Waals surface area contributed by atoms with Crippen LogP contribution in [-0.4, -0.2) is 70.4 Å². The molecule has 0 atom stereocenters. The second-order valence-electron chi connectivity index (χ2n) is 9.65. The van der Waals surface area contributed by atoms with E-state index in [-0.39, 0.29) is 18.6 Å². The molecule has 10 nitrogen and oxygen atoms in total. The predicted molar refractivity (Wildman–Crippen MR) is 144 cm³/mol. The number of carboxylic acids is 1. The maximum absolute atomic E-state index is 13.6. The van der Waals surface area contributed by atoms with Gasteiger partial charge in [-0.15, -0.1) is 0 Å². The molecule has 42 heavy (non-hydrogen) atoms. The van der Waals surface area contributed by atoms with E-state index >= 15 is 0 Å². The first-order chi connectivity index (χ1) is 20.1. The molecule has 2 N–H and O–H groups in total. The lowest BCUT2D eigenvalue weighted by molar-refractivity contribution is -0.192. The Labute approximate surface area is 239 Å². The molecule has 0 bridgehead atoms. The smallest absolute Gasteiger partial charge is 0.477 e. The Morgan fingerprint density at radius 3 is 2.40 bits per heavy atom. The van der Waals surface area contributed by atoms with Gasteiger partial charge in [0.15, 0.2) is 0 Å². The molecule has 4 heterocycles. The van der Waals surface area contributed by atoms with E-state index in [4.69, 9.17) is 24.4 Å². The molecule has 13 heteroatoms. The number of fused-ring (bicyclic) bond motifs is 2. The number of carbonyl (C=O) groups excluding carboxylic acids is 2. The van der Waals surface area contributed by atoms with Gasteiger partial charge in [0.25, 0.3) is 5.91 Å². The fraction of sp³-hybridized carbons (Fsp3) is 0.345. The third-order valence-electron chi connectivity index (χ3n) is 6.93. The first kappa shape index (κ1) is 30.4. The highest BCUT2D eigenvalue weighted by atomic mass is 19.4. The molecule has 1 spiro atoms. The Kier molecular flexibility index (Phi) is 9.41. The van der Waals surface area contributed by atoms with E-state index in [2.05, 4.69) is 10.3 Å². The number of imide groups is 1. The summed E-state index contributed by atoms with van der Waals surface area (Å²) in [6, 6.07) is 17.0. The number of ether oxygens (including phenoxy) is 2. The molecule has 0 radical (unpaired) electrons. The number of alkyl halides is 3. The van der Waals surface area contributed by atoms with Gasteiger partial charge < -0.3 is 19.9 Å². The van der Waals surface area contributed by atoms with Gasteiger partial charge in [-0.3, -0.25) is 4.79 Å². The van der Waals surface area contributed by atoms with Crippen LogP contribution in [0.2, 0.25) is 0 Å². The summed E-state index contributed by atoms with van der Waals surface area (Å²) in [6.45, 7) is 4.35. The molecule has 5 rings (SSSR count). The van der Waals surface area contributed by atoms with Crippen molar-refractivity contribution in [3.63, 3.8) is 0 Å². The van der Waals surface area contributed by atoms with Crippen molar-refractivity contribution in [1.82, 2.24) is 20.2 Å². The summed E-state index contributed by atoms with van der Waals surface area (Å²) >= 11 is 0. The van der Waals surface area contributed by atoms with Crippen LogP contribution < -0.4 is 10.1 Å². The number of aliphatic carboxylic acids is 1. The van der Waals surface area contributed by atoms with Crippen molar-refractivity contribution >= 4 is 18.0 Å². The summed E-state index contributed by atoms with van der Waals surface area (Å²) in [5.41, 5.74) is 2.97. The van der Waals surface area contributed by atoms with Crippen molar-refractivity contribution in [2.75, 3.05) is 26.2 Å². The molecule has 2 aliphatic rings. The molecule has 2 amide bonds. The SMILES string of the molecule is CCOc1ncccc1-c1ccc2c(n1)C(=O)N(C(=O)OCc1ccccc1)CC21CCNCC1.O=C(O)C(F)(F)F. The lowest BCUT2D eigenvalue weighted by Gasteiger charge is -2.44. The first-order valence-electron chi connectivity index (χ1n) is 13.2. The molecule has 0 saturated carbocycles. The van der Waals surface area contributed by atoms with Crippen molar-refractivity contribution in [2.24, 2.45) is 0 Å². The highest BCUT2D eigenvalue weighted by Gasteiger charge is 2.47. The fourth-order valence-electron chi connectivity index (χ4n) is 4.90. The van der Waals surface area contributed by atoms with Crippen LogP contribution in [0.3, 0.4) is 0 Å². The largest absolute Gasteiger partial charge is 0.490 e. The number of nitrogens with zero attached hydrogens (tertiary/aromatic N) is 3. The zero-order valence-electron chi connectivity index (χ0n) is 22.7. The number of halogens is 3. The minimum atomic E-state index is -5.08. The number of hydrogen-bond acceptors (Lipinski definition) is 8. The van der Waals surface area contributed by atoms with E-state index in [9.17, 15) is 22.8 Å². The topological polar surface area (TPSA) is 131 Å². The minimum Gasteiger partial charge on any atom is -0.477 e. The zero-order valence-corrected chi connectivity index (χ0v) is 22.7. The average molecular weight is 587 g/mol. The van der Waals surface area contributed by atoms with E-state index in [1.54, 1.807) is 6.20 Å². The average Bonchev–Trinajstić information content (AvgIpc) is 2.99. The van der Waals surface area contributed by atoms with Crippen LogP contribution >= 0.6 is 0 Å². The van der Waals surface area contributed by atoms with Crippen LogP contribution in [0.25, 0.3) is 11.3 Å². The van der Waals surface area contributed by atoms with Gasteiger partial charge in [-0.05, 0) is 62.2 Å². The summed E-state index contributed by atoms with van der Waals surface area (Å²) in [6.07, 6.45) is -2.47. The Hall–Kier alpha value is -4.52. The van der Waals surface area contributed by atoms with Crippen LogP contribution in [0.4, 0.5) is 18.0 Å². The second kappa shape index (κ2) is 13.0. The van der Waals surface area contributed by atoms with Crippen LogP contribution in [0, 0.1) is 0 Å². The monoisotopic (exact) mass is 586 g/mol. The number of benzene rings is 1. The highest BCUT2D eigenvalue weighted by molar-refractivity contribution is 6.04. The second-order valence-corrected chi connectivity index (χ2v) is 9.65. The van der Waals surface area contributed by atoms with Gasteiger partial charge in [0.1, 0.15) is 12.3 Å². The van der Waals surface area contributed by atoms with E-state index in [0.29, 0.717) is 29.4 Å². The van der Waals surface area contributed by atoms with Crippen molar-refractivity contribution in [3.05, 3.63) is 77.6 Å². The molecule has 0 aliphatic carbocycles. The van der Waals surface area contributed by atoms with Crippen molar-refractivity contribution in [1.29, 1.82) is 0 Å². The van der Waals surface area contributed by atoms with E-state index in [1.165, 1.54) is 4.90 Å². The summed E-state index contributed by atoms with van der Waals surface area (Å²) in [5, 5.41) is 10.5. The number of nitrogens with one attached hydrogen (secondary N) is 1. The maximum Gasteiger partial charge on any atom is 0.490 e. The van der Waals surface area contributed by atoms with Crippen LogP contribution in [0.1, 0.15) is 41.4 Å². The Morgan fingerprint density at radius 2 is 1.76 bits per heavy atom. The van der Waals surface area contributed by atoms with Crippen molar-refractivity contribution in [3.8, 4) is 17.1 Å². The van der Waals surface area contributed by atoms with E-state index in [1.807, 2.05) is 61.5 Å². The molecule has 1 fully saturated rings. The summed E-state index contributed by atoms with van der Waals surface area (Å²) < 4.78 is 43.0. The lowest BCUT2D eigenvalue weighted by Crippen LogP contribution is -2.55. The molecule has 2 aliphatic heterocycles. The molecule has 0 unspecified atom stereocenters. The number of carbonyl (C=O) groups is 3. The number of carboxylic acid groups (broad SMARTS) is 1. The highest BCUT2D eigenvalue weighted by Crippen LogP contribution is 2.41. The van der Waals surface area contributed by atoms with Gasteiger partial charge in [0.2, 0.25) is 5.88 Å². The normalized spacial score (nSPS) is 15.7. The summed E-state index contributed by atoms with van der Waals surface area (Å²) in [4.78, 5) is 45.9. The minimum absolute atomic E-state index is 0.103. The number of rotatable bonds is 5. The molecular formula is C29H29F3N4O6. The molecule has 1 saturated heterocycles. The van der Waals surface area contributed by atoms with Crippen LogP contribution in [-0.2, 0) is 21.6 Å². The van der Waals surface area contributed by atoms with E-state index in [0.717, 1.165) is 37.1 Å². The standard InChI is InChI=1S/C27H28N4O4.C2HF3O2/c1-2-34-24-20(9-6-14-29-24)22-11-10-21-23(30-22)25(32)31(18-27(21)12-15-28-16-13-27)26(33)35-17-19-7-4-3-5-8-19;3-2(4,5)1(6)7/h3-11,14,28H,2,12-13,15-18H2,1H3;(H,6,7). The number of aromatic nitrogens is 2. The third kappa shape index (κ3) is 6.85. The van der Waals surface area contributed by atoms with Crippen molar-refractivity contribution < 1.29 is 42.1 Å². The predicted octanol–water partition coefficient (Wildman–Crippen LogP) is 4.59. The molecular weight excluding hydrogens is 557 g/mol. The first-order valence-corrected chi connectivity index (χ1v) is 13.2. The summed E-state index contributed by atoms with van der Waals surface area (Å²) in [7, 11) is 0. The lowest BCUT2D eigenvalue weighted by atomic mass is 9.70. The Morgan fingerprint density at radius 1 is 1.07 bits per heavy atom. The Bertz CT molecular complexity index is 1430. The number of hydrogen-bond donors (Lipinski definition) is 2. The van der Waals surface area contributed by atoms with E-state index < -0.39 is 24.1 Å². The van der Waals surface area contributed by atoms with Crippen LogP contribution in [0.15, 0.2) is 60.8 Å². The summed E-state index contributed by atoms with van der Waals surface area (Å²) in [5.74, 6) is -2.74. The number of piperidine rings is 1. The van der Waals surface area contributed by atoms with Gasteiger partial charge in [0, 0.05) is 18.2 Å². The van der Waals surface area contributed by atoms with Gasteiger partial charge in [0.05, 0.1) is 17.9 Å². The molecule has 2 aromatic heterocycles. The number of amides is 2. The molecule has 3 aromatic rings. The van der Waals surface area contributed by atoms with Crippen molar-refractivity contribution in [2.45, 2.75) is 38.0 Å².